The van der Waals surface area contributed by atoms with E-state index < -0.39 is 0 Å². The number of rotatable bonds is 8. The molecule has 0 fully saturated rings. The summed E-state index contributed by atoms with van der Waals surface area (Å²) < 4.78 is 6.60. The van der Waals surface area contributed by atoms with Crippen molar-refractivity contribution in [2.75, 3.05) is 6.61 Å². The first-order chi connectivity index (χ1) is 15.2. The lowest BCUT2D eigenvalue weighted by Crippen LogP contribution is -1.95. The standard InChI is InChI=1S/C22H18N6OS2/c1-2-3-12-29-18-10-8-17(9-11-18)26-25-15-4-6-16(7-5-15)27-28-22-24-21-20(31-22)13-19(14-23)30-21/h4-11,13H,2-3,12H2,1H3. The van der Waals surface area contributed by atoms with Gasteiger partial charge in [0, 0.05) is 0 Å². The van der Waals surface area contributed by atoms with Gasteiger partial charge in [-0.15, -0.1) is 21.6 Å². The van der Waals surface area contributed by atoms with Crippen LogP contribution in [0.15, 0.2) is 75.1 Å². The molecule has 7 nitrogen and oxygen atoms in total. The van der Waals surface area contributed by atoms with Crippen molar-refractivity contribution in [3.8, 4) is 11.8 Å². The third-order valence-corrected chi connectivity index (χ3v) is 6.12. The Kier molecular flexibility index (Phi) is 6.72. The largest absolute Gasteiger partial charge is 0.494 e. The van der Waals surface area contributed by atoms with Crippen LogP contribution in [0.1, 0.15) is 24.6 Å². The fourth-order valence-corrected chi connectivity index (χ4v) is 4.40. The number of thiazole rings is 1. The summed E-state index contributed by atoms with van der Waals surface area (Å²) in [4.78, 5) is 5.85. The molecule has 31 heavy (non-hydrogen) atoms. The minimum absolute atomic E-state index is 0.566. The predicted octanol–water partition coefficient (Wildman–Crippen LogP) is 8.24. The summed E-state index contributed by atoms with van der Waals surface area (Å²) in [6.07, 6.45) is 2.16. The van der Waals surface area contributed by atoms with Gasteiger partial charge in [-0.25, -0.2) is 4.98 Å². The normalized spacial score (nSPS) is 11.5. The van der Waals surface area contributed by atoms with Crippen LogP contribution in [0.4, 0.5) is 22.2 Å². The number of unbranched alkanes of at least 4 members (excludes halogenated alkanes) is 1. The number of benzene rings is 2. The molecule has 9 heteroatoms. The highest BCUT2D eigenvalue weighted by molar-refractivity contribution is 7.29. The highest BCUT2D eigenvalue weighted by atomic mass is 32.1. The first-order valence-electron chi connectivity index (χ1n) is 9.70. The Hall–Kier alpha value is -3.48. The van der Waals surface area contributed by atoms with Gasteiger partial charge < -0.3 is 4.74 Å². The number of thiophene rings is 1. The van der Waals surface area contributed by atoms with Gasteiger partial charge in [0.15, 0.2) is 0 Å². The number of ether oxygens (including phenoxy) is 1. The van der Waals surface area contributed by atoms with Gasteiger partial charge in [0.25, 0.3) is 0 Å². The molecule has 0 unspecified atom stereocenters. The Bertz CT molecular complexity index is 1220. The lowest BCUT2D eigenvalue weighted by Gasteiger charge is -2.04. The molecule has 4 aromatic rings. The zero-order valence-electron chi connectivity index (χ0n) is 16.7. The van der Waals surface area contributed by atoms with E-state index in [2.05, 4.69) is 38.4 Å². The molecule has 0 atom stereocenters. The van der Waals surface area contributed by atoms with Crippen LogP contribution in [-0.4, -0.2) is 11.6 Å². The van der Waals surface area contributed by atoms with E-state index in [1.807, 2.05) is 54.6 Å². The smallest absolute Gasteiger partial charge is 0.231 e. The second kappa shape index (κ2) is 10.0. The Morgan fingerprint density at radius 1 is 0.903 bits per heavy atom. The van der Waals surface area contributed by atoms with Crippen LogP contribution in [-0.2, 0) is 0 Å². The monoisotopic (exact) mass is 446 g/mol. The van der Waals surface area contributed by atoms with Crippen molar-refractivity contribution in [2.45, 2.75) is 19.8 Å². The van der Waals surface area contributed by atoms with E-state index in [0.29, 0.717) is 15.7 Å². The first-order valence-corrected chi connectivity index (χ1v) is 11.3. The molecule has 0 saturated heterocycles. The van der Waals surface area contributed by atoms with Gasteiger partial charge >= 0.3 is 0 Å². The lowest BCUT2D eigenvalue weighted by molar-refractivity contribution is 0.309. The van der Waals surface area contributed by atoms with Crippen molar-refractivity contribution in [2.24, 2.45) is 20.5 Å². The van der Waals surface area contributed by atoms with Crippen molar-refractivity contribution < 1.29 is 4.74 Å². The van der Waals surface area contributed by atoms with Crippen LogP contribution in [0.25, 0.3) is 9.53 Å². The topological polar surface area (TPSA) is 95.3 Å². The highest BCUT2D eigenvalue weighted by Crippen LogP contribution is 2.34. The van der Waals surface area contributed by atoms with E-state index in [4.69, 9.17) is 10.00 Å². The van der Waals surface area contributed by atoms with Crippen LogP contribution < -0.4 is 4.74 Å². The number of aromatic nitrogens is 1. The maximum atomic E-state index is 8.93. The van der Waals surface area contributed by atoms with Gasteiger partial charge in [-0.05, 0) is 61.0 Å². The minimum Gasteiger partial charge on any atom is -0.494 e. The molecule has 2 aromatic carbocycles. The minimum atomic E-state index is 0.566. The number of azo groups is 2. The number of fused-ring (bicyclic) bond motifs is 1. The maximum Gasteiger partial charge on any atom is 0.231 e. The number of nitrogens with zero attached hydrogens (tertiary/aromatic N) is 6. The van der Waals surface area contributed by atoms with Crippen LogP contribution in [0.3, 0.4) is 0 Å². The molecule has 154 valence electrons. The van der Waals surface area contributed by atoms with Gasteiger partial charge in [-0.1, -0.05) is 24.7 Å². The molecular weight excluding hydrogens is 428 g/mol. The Balaban J connectivity index is 1.35. The SMILES string of the molecule is CCCCOc1ccc(N=Nc2ccc(N=Nc3nc4sc(C#N)cc4s3)cc2)cc1. The second-order valence-corrected chi connectivity index (χ2v) is 8.54. The molecule has 4 rings (SSSR count). The summed E-state index contributed by atoms with van der Waals surface area (Å²) in [6, 6.07) is 18.8. The molecule has 0 saturated carbocycles. The summed E-state index contributed by atoms with van der Waals surface area (Å²) in [5.74, 6) is 0.840. The summed E-state index contributed by atoms with van der Waals surface area (Å²) in [5, 5.41) is 26.4. The van der Waals surface area contributed by atoms with Crippen molar-refractivity contribution in [3.63, 3.8) is 0 Å². The van der Waals surface area contributed by atoms with Gasteiger partial charge in [-0.3, -0.25) is 0 Å². The number of nitriles is 1. The predicted molar refractivity (Wildman–Crippen MR) is 124 cm³/mol. The molecule has 0 spiro atoms. The zero-order valence-corrected chi connectivity index (χ0v) is 18.4. The zero-order chi connectivity index (χ0) is 21.5. The average Bonchev–Trinajstić information content (AvgIpc) is 3.36. The van der Waals surface area contributed by atoms with E-state index in [-0.39, 0.29) is 0 Å². The fourth-order valence-electron chi connectivity index (χ4n) is 2.57. The molecule has 0 N–H and O–H groups in total. The van der Waals surface area contributed by atoms with Crippen LogP contribution in [0.5, 0.6) is 5.75 Å². The Morgan fingerprint density at radius 2 is 1.52 bits per heavy atom. The molecule has 0 aliphatic heterocycles. The van der Waals surface area contributed by atoms with Gasteiger partial charge in [0.05, 0.1) is 28.4 Å². The molecule has 2 aromatic heterocycles. The molecule has 2 heterocycles. The van der Waals surface area contributed by atoms with Crippen LogP contribution in [0, 0.1) is 11.3 Å². The van der Waals surface area contributed by atoms with E-state index >= 15 is 0 Å². The Morgan fingerprint density at radius 3 is 2.10 bits per heavy atom. The molecule has 0 amide bonds. The van der Waals surface area contributed by atoms with Crippen LogP contribution in [0.2, 0.25) is 0 Å². The Labute approximate surface area is 187 Å². The highest BCUT2D eigenvalue weighted by Gasteiger charge is 2.07. The molecular formula is C22H18N6OS2. The van der Waals surface area contributed by atoms with Gasteiger partial charge in [-0.2, -0.15) is 15.5 Å². The summed E-state index contributed by atoms with van der Waals surface area (Å²) in [6.45, 7) is 2.86. The number of hydrogen-bond acceptors (Lipinski definition) is 9. The van der Waals surface area contributed by atoms with Crippen molar-refractivity contribution in [3.05, 3.63) is 59.5 Å². The summed E-state index contributed by atoms with van der Waals surface area (Å²) in [7, 11) is 0. The first kappa shape index (κ1) is 20.8. The van der Waals surface area contributed by atoms with Crippen molar-refractivity contribution in [1.82, 2.24) is 4.98 Å². The molecule has 0 radical (unpaired) electrons. The third-order valence-electron chi connectivity index (χ3n) is 4.17. The van der Waals surface area contributed by atoms with Crippen molar-refractivity contribution in [1.29, 1.82) is 5.26 Å². The van der Waals surface area contributed by atoms with E-state index in [1.54, 1.807) is 0 Å². The molecule has 0 bridgehead atoms. The van der Waals surface area contributed by atoms with E-state index in [1.165, 1.54) is 22.7 Å². The van der Waals surface area contributed by atoms with E-state index in [0.717, 1.165) is 46.1 Å². The fraction of sp³-hybridized carbons (Fsp3) is 0.182. The lowest BCUT2D eigenvalue weighted by atomic mass is 10.3. The third kappa shape index (κ3) is 5.57. The summed E-state index contributed by atoms with van der Waals surface area (Å²) in [5.41, 5.74) is 2.18. The second-order valence-electron chi connectivity index (χ2n) is 6.50. The molecule has 0 aliphatic carbocycles. The number of hydrogen-bond donors (Lipinski definition) is 0. The quantitative estimate of drug-likeness (QED) is 0.201. The van der Waals surface area contributed by atoms with Gasteiger partial charge in [0.2, 0.25) is 5.13 Å². The van der Waals surface area contributed by atoms with Crippen molar-refractivity contribution >= 4 is 54.4 Å². The average molecular weight is 447 g/mol. The van der Waals surface area contributed by atoms with Gasteiger partial charge in [0.1, 0.15) is 21.5 Å². The van der Waals surface area contributed by atoms with Crippen LogP contribution >= 0.6 is 22.7 Å². The van der Waals surface area contributed by atoms with E-state index in [9.17, 15) is 0 Å². The summed E-state index contributed by atoms with van der Waals surface area (Å²) >= 11 is 2.77. The maximum absolute atomic E-state index is 8.93. The molecule has 0 aliphatic rings.